The summed E-state index contributed by atoms with van der Waals surface area (Å²) in [7, 11) is 0. The summed E-state index contributed by atoms with van der Waals surface area (Å²) in [6.07, 6.45) is 13.0. The fourth-order valence-electron chi connectivity index (χ4n) is 3.90. The molecule has 1 aliphatic carbocycles. The number of nitrogens with one attached hydrogen (secondary N) is 1. The van der Waals surface area contributed by atoms with Gasteiger partial charge in [0.1, 0.15) is 11.4 Å². The number of carboxylic acid groups (broad SMARTS) is 1. The SMILES string of the molecule is CC(C)(C)OC(=O)NCCCC(=Cc1cn(C2CCC(Oc3ccncc3)CC2)cn1)C(=O)O. The average molecular weight is 471 g/mol. The molecule has 0 atom stereocenters. The van der Waals surface area contributed by atoms with E-state index in [1.54, 1.807) is 45.6 Å². The van der Waals surface area contributed by atoms with Crippen LogP contribution in [0.1, 0.15) is 71.0 Å². The van der Waals surface area contributed by atoms with Crippen molar-refractivity contribution in [2.24, 2.45) is 0 Å². The Kier molecular flexibility index (Phi) is 8.67. The van der Waals surface area contributed by atoms with Gasteiger partial charge in [0, 0.05) is 36.8 Å². The first kappa shape index (κ1) is 25.3. The van der Waals surface area contributed by atoms with Crippen LogP contribution in [-0.4, -0.2) is 50.0 Å². The number of carboxylic acids is 1. The Morgan fingerprint density at radius 3 is 2.56 bits per heavy atom. The minimum Gasteiger partial charge on any atom is -0.490 e. The van der Waals surface area contributed by atoms with Gasteiger partial charge in [0.15, 0.2) is 0 Å². The third-order valence-corrected chi connectivity index (χ3v) is 5.53. The van der Waals surface area contributed by atoms with Crippen molar-refractivity contribution >= 4 is 18.1 Å². The number of imidazole rings is 1. The Labute approximate surface area is 200 Å². The van der Waals surface area contributed by atoms with E-state index in [0.29, 0.717) is 31.1 Å². The molecule has 2 heterocycles. The number of aromatic nitrogens is 3. The van der Waals surface area contributed by atoms with Crippen LogP contribution >= 0.6 is 0 Å². The van der Waals surface area contributed by atoms with Crippen molar-refractivity contribution in [2.75, 3.05) is 6.54 Å². The van der Waals surface area contributed by atoms with Crippen LogP contribution in [-0.2, 0) is 9.53 Å². The number of amides is 1. The molecular weight excluding hydrogens is 436 g/mol. The number of aliphatic carboxylic acids is 1. The van der Waals surface area contributed by atoms with E-state index in [4.69, 9.17) is 9.47 Å². The molecule has 2 aromatic heterocycles. The molecule has 1 amide bonds. The summed E-state index contributed by atoms with van der Waals surface area (Å²) in [5.74, 6) is -0.142. The number of nitrogens with zero attached hydrogens (tertiary/aromatic N) is 3. The van der Waals surface area contributed by atoms with E-state index < -0.39 is 17.7 Å². The molecule has 0 spiro atoms. The highest BCUT2D eigenvalue weighted by molar-refractivity contribution is 5.91. The molecule has 1 fully saturated rings. The van der Waals surface area contributed by atoms with Crippen molar-refractivity contribution in [3.63, 3.8) is 0 Å². The normalized spacial score (nSPS) is 18.9. The van der Waals surface area contributed by atoms with Crippen molar-refractivity contribution in [1.82, 2.24) is 19.9 Å². The maximum Gasteiger partial charge on any atom is 0.407 e. The van der Waals surface area contributed by atoms with Crippen molar-refractivity contribution < 1.29 is 24.2 Å². The van der Waals surface area contributed by atoms with Crippen LogP contribution in [0, 0.1) is 0 Å². The third kappa shape index (κ3) is 8.20. The zero-order valence-corrected chi connectivity index (χ0v) is 20.1. The minimum atomic E-state index is -0.986. The highest BCUT2D eigenvalue weighted by Crippen LogP contribution is 2.31. The molecular formula is C25H34N4O5. The molecule has 184 valence electrons. The summed E-state index contributed by atoms with van der Waals surface area (Å²) in [6.45, 7) is 5.70. The van der Waals surface area contributed by atoms with E-state index in [9.17, 15) is 14.7 Å². The predicted molar refractivity (Wildman–Crippen MR) is 127 cm³/mol. The summed E-state index contributed by atoms with van der Waals surface area (Å²) < 4.78 is 13.3. The Morgan fingerprint density at radius 2 is 1.91 bits per heavy atom. The standard InChI is InChI=1S/C25H34N4O5/c1-25(2,3)34-24(32)27-12-4-5-18(23(30)31)15-19-16-29(17-28-19)20-6-8-21(9-7-20)33-22-10-13-26-14-11-22/h10-11,13-17,20-21H,4-9,12H2,1-3H3,(H,27,32)(H,30,31). The van der Waals surface area contributed by atoms with Gasteiger partial charge < -0.3 is 24.5 Å². The lowest BCUT2D eigenvalue weighted by Gasteiger charge is -2.29. The molecule has 0 bridgehead atoms. The Bertz CT molecular complexity index is 973. The number of carbonyl (C=O) groups is 2. The molecule has 34 heavy (non-hydrogen) atoms. The van der Waals surface area contributed by atoms with Gasteiger partial charge in [0.05, 0.1) is 18.1 Å². The van der Waals surface area contributed by atoms with Gasteiger partial charge in [-0.05, 0) is 77.5 Å². The minimum absolute atomic E-state index is 0.189. The summed E-state index contributed by atoms with van der Waals surface area (Å²) >= 11 is 0. The van der Waals surface area contributed by atoms with Gasteiger partial charge in [-0.25, -0.2) is 14.6 Å². The molecule has 0 aliphatic heterocycles. The van der Waals surface area contributed by atoms with Crippen molar-refractivity contribution in [1.29, 1.82) is 0 Å². The highest BCUT2D eigenvalue weighted by Gasteiger charge is 2.24. The molecule has 3 rings (SSSR count). The fraction of sp³-hybridized carbons (Fsp3) is 0.520. The largest absolute Gasteiger partial charge is 0.490 e. The summed E-state index contributed by atoms with van der Waals surface area (Å²) in [5, 5.41) is 12.2. The van der Waals surface area contributed by atoms with Crippen LogP contribution in [0.25, 0.3) is 6.08 Å². The maximum absolute atomic E-state index is 11.7. The quantitative estimate of drug-likeness (QED) is 0.406. The molecule has 0 unspecified atom stereocenters. The molecule has 1 saturated carbocycles. The summed E-state index contributed by atoms with van der Waals surface area (Å²) in [6, 6.07) is 4.06. The van der Waals surface area contributed by atoms with Gasteiger partial charge in [-0.3, -0.25) is 4.98 Å². The topological polar surface area (TPSA) is 116 Å². The first-order chi connectivity index (χ1) is 16.2. The summed E-state index contributed by atoms with van der Waals surface area (Å²) in [4.78, 5) is 31.8. The van der Waals surface area contributed by atoms with E-state index in [0.717, 1.165) is 31.4 Å². The number of ether oxygens (including phenoxy) is 2. The lowest BCUT2D eigenvalue weighted by Crippen LogP contribution is -2.33. The number of hydrogen-bond donors (Lipinski definition) is 2. The number of alkyl carbamates (subject to hydrolysis) is 1. The zero-order valence-electron chi connectivity index (χ0n) is 20.1. The smallest absolute Gasteiger partial charge is 0.407 e. The number of hydrogen-bond acceptors (Lipinski definition) is 6. The monoisotopic (exact) mass is 470 g/mol. The van der Waals surface area contributed by atoms with Crippen LogP contribution < -0.4 is 10.1 Å². The first-order valence-corrected chi connectivity index (χ1v) is 11.7. The van der Waals surface area contributed by atoms with Crippen LogP contribution in [0.5, 0.6) is 5.75 Å². The maximum atomic E-state index is 11.7. The summed E-state index contributed by atoms with van der Waals surface area (Å²) in [5.41, 5.74) is 0.305. The number of rotatable bonds is 9. The van der Waals surface area contributed by atoms with Gasteiger partial charge in [-0.1, -0.05) is 0 Å². The average Bonchev–Trinajstić information content (AvgIpc) is 3.24. The van der Waals surface area contributed by atoms with Gasteiger partial charge in [0.25, 0.3) is 0 Å². The molecule has 0 aromatic carbocycles. The van der Waals surface area contributed by atoms with Crippen molar-refractivity contribution in [3.8, 4) is 5.75 Å². The third-order valence-electron chi connectivity index (χ3n) is 5.53. The van der Waals surface area contributed by atoms with Gasteiger partial charge in [-0.2, -0.15) is 0 Å². The van der Waals surface area contributed by atoms with Crippen molar-refractivity contribution in [2.45, 2.75) is 77.0 Å². The number of carbonyl (C=O) groups excluding carboxylic acids is 1. The van der Waals surface area contributed by atoms with Crippen LogP contribution in [0.3, 0.4) is 0 Å². The molecule has 2 N–H and O–H groups in total. The molecule has 0 saturated heterocycles. The lowest BCUT2D eigenvalue weighted by molar-refractivity contribution is -0.132. The molecule has 0 radical (unpaired) electrons. The Balaban J connectivity index is 1.48. The Morgan fingerprint density at radius 1 is 1.21 bits per heavy atom. The van der Waals surface area contributed by atoms with E-state index in [-0.39, 0.29) is 11.7 Å². The van der Waals surface area contributed by atoms with Crippen LogP contribution in [0.15, 0.2) is 42.6 Å². The van der Waals surface area contributed by atoms with E-state index in [1.165, 1.54) is 0 Å². The molecule has 9 nitrogen and oxygen atoms in total. The van der Waals surface area contributed by atoms with E-state index in [2.05, 4.69) is 19.9 Å². The van der Waals surface area contributed by atoms with Gasteiger partial charge in [-0.15, -0.1) is 0 Å². The zero-order chi connectivity index (χ0) is 24.6. The van der Waals surface area contributed by atoms with Crippen LogP contribution in [0.4, 0.5) is 4.79 Å². The van der Waals surface area contributed by atoms with E-state index >= 15 is 0 Å². The molecule has 2 aromatic rings. The van der Waals surface area contributed by atoms with E-state index in [1.807, 2.05) is 18.3 Å². The second-order valence-electron chi connectivity index (χ2n) is 9.48. The number of pyridine rings is 1. The van der Waals surface area contributed by atoms with Crippen LogP contribution in [0.2, 0.25) is 0 Å². The van der Waals surface area contributed by atoms with Crippen molar-refractivity contribution in [3.05, 3.63) is 48.3 Å². The van der Waals surface area contributed by atoms with Gasteiger partial charge in [0.2, 0.25) is 0 Å². The molecule has 1 aliphatic rings. The molecule has 9 heteroatoms. The predicted octanol–water partition coefficient (Wildman–Crippen LogP) is 4.61. The van der Waals surface area contributed by atoms with Gasteiger partial charge >= 0.3 is 12.1 Å². The first-order valence-electron chi connectivity index (χ1n) is 11.7. The highest BCUT2D eigenvalue weighted by atomic mass is 16.6. The second kappa shape index (κ2) is 11.7. The lowest BCUT2D eigenvalue weighted by atomic mass is 9.93. The Hall–Kier alpha value is -3.36. The second-order valence-corrected chi connectivity index (χ2v) is 9.48. The fourth-order valence-corrected chi connectivity index (χ4v) is 3.90.